The molecule has 2 N–H and O–H groups in total. The maximum Gasteiger partial charge on any atom is 0.410 e. The third-order valence-corrected chi connectivity index (χ3v) is 9.52. The van der Waals surface area contributed by atoms with Crippen LogP contribution < -0.4 is 9.62 Å². The van der Waals surface area contributed by atoms with Gasteiger partial charge in [0.2, 0.25) is 10.0 Å². The van der Waals surface area contributed by atoms with Crippen LogP contribution in [-0.2, 0) is 27.7 Å². The van der Waals surface area contributed by atoms with Gasteiger partial charge in [-0.05, 0) is 79.9 Å². The summed E-state index contributed by atoms with van der Waals surface area (Å²) >= 11 is 0. The summed E-state index contributed by atoms with van der Waals surface area (Å²) in [4.78, 5) is 31.2. The predicted octanol–water partition coefficient (Wildman–Crippen LogP) is 6.95. The Labute approximate surface area is 278 Å². The van der Waals surface area contributed by atoms with Crippen LogP contribution in [0.2, 0.25) is 0 Å². The summed E-state index contributed by atoms with van der Waals surface area (Å²) < 4.78 is 52.4. The van der Waals surface area contributed by atoms with Crippen molar-refractivity contribution >= 4 is 38.7 Å². The summed E-state index contributed by atoms with van der Waals surface area (Å²) in [7, 11) is -0.733. The second-order valence-electron chi connectivity index (χ2n) is 12.9. The number of anilines is 1. The average Bonchev–Trinajstić information content (AvgIpc) is 3.64. The van der Waals surface area contributed by atoms with E-state index in [1.807, 2.05) is 51.1 Å². The first kappa shape index (κ1) is 32.8. The van der Waals surface area contributed by atoms with E-state index in [0.29, 0.717) is 52.9 Å². The van der Waals surface area contributed by atoms with Crippen LogP contribution in [-0.4, -0.2) is 62.8 Å². The molecule has 0 atom stereocenters. The number of sulfonamides is 1. The molecule has 2 aromatic heterocycles. The maximum absolute atomic E-state index is 13.8. The highest BCUT2D eigenvalue weighted by molar-refractivity contribution is 7.92. The fourth-order valence-electron chi connectivity index (χ4n) is 5.89. The molecule has 12 heteroatoms. The number of aromatic amines is 1. The van der Waals surface area contributed by atoms with Crippen molar-refractivity contribution in [2.24, 2.45) is 0 Å². The van der Waals surface area contributed by atoms with E-state index in [1.54, 1.807) is 17.0 Å². The van der Waals surface area contributed by atoms with Gasteiger partial charge < -0.3 is 24.4 Å². The van der Waals surface area contributed by atoms with Crippen molar-refractivity contribution < 1.29 is 31.6 Å². The largest absolute Gasteiger partial charge is 0.455 e. The van der Waals surface area contributed by atoms with Crippen LogP contribution in [0.1, 0.15) is 42.4 Å². The van der Waals surface area contributed by atoms with Gasteiger partial charge in [-0.1, -0.05) is 18.2 Å². The molecule has 2 amide bonds. The summed E-state index contributed by atoms with van der Waals surface area (Å²) in [6.45, 7) is 6.47. The fraction of sp³-hybridized carbons (Fsp3) is 0.278. The van der Waals surface area contributed by atoms with E-state index in [4.69, 9.17) is 9.15 Å². The Morgan fingerprint density at radius 2 is 1.73 bits per heavy atom. The molecule has 0 radical (unpaired) electrons. The molecule has 6 rings (SSSR count). The van der Waals surface area contributed by atoms with Gasteiger partial charge in [-0.15, -0.1) is 0 Å². The van der Waals surface area contributed by atoms with Crippen LogP contribution in [0.3, 0.4) is 0 Å². The second kappa shape index (κ2) is 12.2. The maximum atomic E-state index is 13.8. The number of hydrogen-bond acceptors (Lipinski definition) is 6. The van der Waals surface area contributed by atoms with Crippen LogP contribution in [0.25, 0.3) is 44.7 Å². The van der Waals surface area contributed by atoms with Crippen molar-refractivity contribution in [2.75, 3.05) is 31.2 Å². The molecule has 1 aliphatic heterocycles. The number of hydrogen-bond donors (Lipinski definition) is 2. The highest BCUT2D eigenvalue weighted by atomic mass is 32.2. The van der Waals surface area contributed by atoms with Gasteiger partial charge in [0, 0.05) is 61.0 Å². The van der Waals surface area contributed by atoms with Crippen molar-refractivity contribution in [3.63, 3.8) is 0 Å². The lowest BCUT2D eigenvalue weighted by Gasteiger charge is -2.29. The van der Waals surface area contributed by atoms with Crippen LogP contribution >= 0.6 is 0 Å². The van der Waals surface area contributed by atoms with Gasteiger partial charge in [-0.3, -0.25) is 9.10 Å². The summed E-state index contributed by atoms with van der Waals surface area (Å²) in [5.41, 5.74) is 5.79. The lowest BCUT2D eigenvalue weighted by Crippen LogP contribution is -2.39. The van der Waals surface area contributed by atoms with Crippen molar-refractivity contribution in [3.05, 3.63) is 89.4 Å². The van der Waals surface area contributed by atoms with Gasteiger partial charge >= 0.3 is 6.09 Å². The molecule has 3 heterocycles. The molecule has 0 saturated carbocycles. The number of furan rings is 1. The summed E-state index contributed by atoms with van der Waals surface area (Å²) in [6.07, 6.45) is 1.41. The number of benzene rings is 3. The van der Waals surface area contributed by atoms with Crippen molar-refractivity contribution in [3.8, 4) is 33.7 Å². The number of amides is 2. The number of nitrogens with one attached hydrogen (secondary N) is 2. The normalized spacial score (nSPS) is 13.4. The molecular weight excluding hydrogens is 635 g/mol. The zero-order valence-electron chi connectivity index (χ0n) is 27.6. The predicted molar refractivity (Wildman–Crippen MR) is 184 cm³/mol. The van der Waals surface area contributed by atoms with Gasteiger partial charge in [0.05, 0.1) is 24.1 Å². The zero-order valence-corrected chi connectivity index (χ0v) is 28.4. The minimum atomic E-state index is -3.70. The Bertz CT molecular complexity index is 2160. The minimum absolute atomic E-state index is 0.237. The molecular formula is C36H37FN4O6S. The highest BCUT2D eigenvalue weighted by Crippen LogP contribution is 2.42. The molecule has 0 aliphatic carbocycles. The highest BCUT2D eigenvalue weighted by Gasteiger charge is 2.28. The molecule has 0 fully saturated rings. The van der Waals surface area contributed by atoms with Crippen LogP contribution in [0, 0.1) is 5.82 Å². The standard InChI is InChI=1S/C36H37FN4O6S/c1-36(2,3)47-35(43)41-15-14-28-24(20-41)17-29(39-28)23-9-7-8-22(16-23)26-18-27-31(19-30(26)40(5)48(6,44)45)46-33(32(27)34(42)38-4)21-10-12-25(37)13-11-21/h7-13,16-19,39H,14-15,20H2,1-6H3,(H,38,42). The molecule has 10 nitrogen and oxygen atoms in total. The number of aromatic nitrogens is 1. The Balaban J connectivity index is 1.46. The van der Waals surface area contributed by atoms with Crippen LogP contribution in [0.15, 0.2) is 71.1 Å². The molecule has 3 aromatic carbocycles. The lowest BCUT2D eigenvalue weighted by atomic mass is 9.96. The van der Waals surface area contributed by atoms with E-state index < -0.39 is 27.3 Å². The van der Waals surface area contributed by atoms with E-state index >= 15 is 0 Å². The first-order chi connectivity index (χ1) is 22.6. The first-order valence-corrected chi connectivity index (χ1v) is 17.3. The zero-order chi connectivity index (χ0) is 34.5. The van der Waals surface area contributed by atoms with Crippen molar-refractivity contribution in [1.29, 1.82) is 0 Å². The van der Waals surface area contributed by atoms with E-state index in [2.05, 4.69) is 10.3 Å². The molecule has 48 heavy (non-hydrogen) atoms. The van der Waals surface area contributed by atoms with Crippen LogP contribution in [0.4, 0.5) is 14.9 Å². The van der Waals surface area contributed by atoms with E-state index in [0.717, 1.165) is 28.8 Å². The number of nitrogens with zero attached hydrogens (tertiary/aromatic N) is 2. The molecule has 250 valence electrons. The minimum Gasteiger partial charge on any atom is -0.455 e. The molecule has 5 aromatic rings. The Hall–Kier alpha value is -5.10. The number of rotatable bonds is 6. The number of H-pyrrole nitrogens is 1. The molecule has 1 aliphatic rings. The van der Waals surface area contributed by atoms with Gasteiger partial charge in [0.25, 0.3) is 5.91 Å². The number of carbonyl (C=O) groups excluding carboxylic acids is 2. The number of carbonyl (C=O) groups is 2. The van der Waals surface area contributed by atoms with Gasteiger partial charge in [0.1, 0.15) is 22.8 Å². The van der Waals surface area contributed by atoms with E-state index in [9.17, 15) is 22.4 Å². The summed E-state index contributed by atoms with van der Waals surface area (Å²) in [5, 5.41) is 3.13. The quantitative estimate of drug-likeness (QED) is 0.201. The first-order valence-electron chi connectivity index (χ1n) is 15.4. The molecule has 0 unspecified atom stereocenters. The number of ether oxygens (including phenoxy) is 1. The Morgan fingerprint density at radius 3 is 2.40 bits per heavy atom. The average molecular weight is 673 g/mol. The Kier molecular flexibility index (Phi) is 8.32. The van der Waals surface area contributed by atoms with E-state index in [1.165, 1.54) is 42.7 Å². The lowest BCUT2D eigenvalue weighted by molar-refractivity contribution is 0.0223. The summed E-state index contributed by atoms with van der Waals surface area (Å²) in [6, 6.07) is 18.6. The third-order valence-electron chi connectivity index (χ3n) is 8.32. The van der Waals surface area contributed by atoms with E-state index in [-0.39, 0.29) is 17.4 Å². The molecule has 0 bridgehead atoms. The number of halogens is 1. The molecule has 0 saturated heterocycles. The molecule has 0 spiro atoms. The van der Waals surface area contributed by atoms with Gasteiger partial charge in [-0.25, -0.2) is 17.6 Å². The summed E-state index contributed by atoms with van der Waals surface area (Å²) in [5.74, 6) is -0.603. The third kappa shape index (κ3) is 6.40. The number of fused-ring (bicyclic) bond motifs is 2. The van der Waals surface area contributed by atoms with Crippen molar-refractivity contribution in [2.45, 2.75) is 39.3 Å². The van der Waals surface area contributed by atoms with Crippen molar-refractivity contribution in [1.82, 2.24) is 15.2 Å². The van der Waals surface area contributed by atoms with Gasteiger partial charge in [0.15, 0.2) is 0 Å². The SMILES string of the molecule is CNC(=O)c1c(-c2ccc(F)cc2)oc2cc(N(C)S(C)(=O)=O)c(-c3cccc(-c4cc5c([nH]4)CCN(C(=O)OC(C)(C)C)C5)c3)cc12. The fourth-order valence-corrected chi connectivity index (χ4v) is 6.39. The monoisotopic (exact) mass is 672 g/mol. The topological polar surface area (TPSA) is 125 Å². The Morgan fingerprint density at radius 1 is 1.02 bits per heavy atom. The second-order valence-corrected chi connectivity index (χ2v) is 14.9. The van der Waals surface area contributed by atoms with Gasteiger partial charge in [-0.2, -0.15) is 0 Å². The smallest absolute Gasteiger partial charge is 0.410 e. The van der Waals surface area contributed by atoms with Crippen LogP contribution in [0.5, 0.6) is 0 Å².